The van der Waals surface area contributed by atoms with Gasteiger partial charge in [0.1, 0.15) is 0 Å². The van der Waals surface area contributed by atoms with Crippen LogP contribution in [-0.2, 0) is 17.8 Å². The van der Waals surface area contributed by atoms with Gasteiger partial charge in [-0.15, -0.1) is 21.5 Å². The molecule has 2 amide bonds. The number of thioether (sulfide) groups is 1. The van der Waals surface area contributed by atoms with E-state index in [1.807, 2.05) is 51.2 Å². The van der Waals surface area contributed by atoms with Gasteiger partial charge in [-0.25, -0.2) is 0 Å². The van der Waals surface area contributed by atoms with Gasteiger partial charge >= 0.3 is 0 Å². The topological polar surface area (TPSA) is 80.1 Å². The minimum Gasteiger partial charge on any atom is -0.344 e. The van der Waals surface area contributed by atoms with Gasteiger partial charge < -0.3 is 10.2 Å². The minimum absolute atomic E-state index is 0.0511. The van der Waals surface area contributed by atoms with Crippen LogP contribution in [0.15, 0.2) is 65.1 Å². The molecule has 0 bridgehead atoms. The second-order valence-corrected chi connectivity index (χ2v) is 10.6. The summed E-state index contributed by atoms with van der Waals surface area (Å²) in [6.45, 7) is 5.07. The second-order valence-electron chi connectivity index (χ2n) is 8.68. The monoisotopic (exact) mass is 517 g/mol. The number of benzene rings is 2. The largest absolute Gasteiger partial charge is 0.344 e. The fourth-order valence-electron chi connectivity index (χ4n) is 4.38. The maximum absolute atomic E-state index is 13.2. The van der Waals surface area contributed by atoms with Gasteiger partial charge in [0.25, 0.3) is 5.91 Å². The van der Waals surface area contributed by atoms with Crippen LogP contribution in [0.3, 0.4) is 0 Å². The van der Waals surface area contributed by atoms with Crippen molar-refractivity contribution in [3.05, 3.63) is 87.4 Å². The van der Waals surface area contributed by atoms with E-state index >= 15 is 0 Å². The van der Waals surface area contributed by atoms with Crippen molar-refractivity contribution in [2.75, 3.05) is 17.2 Å². The first-order valence-corrected chi connectivity index (χ1v) is 13.7. The van der Waals surface area contributed by atoms with Crippen LogP contribution in [0.25, 0.3) is 5.69 Å². The Bertz CT molecular complexity index is 1400. The molecule has 5 rings (SSSR count). The van der Waals surface area contributed by atoms with E-state index in [1.54, 1.807) is 6.07 Å². The summed E-state index contributed by atoms with van der Waals surface area (Å²) in [5.74, 6) is 0.773. The highest BCUT2D eigenvalue weighted by Gasteiger charge is 2.24. The first kappa shape index (κ1) is 24.3. The lowest BCUT2D eigenvalue weighted by atomic mass is 10.0. The molecule has 2 aromatic heterocycles. The van der Waals surface area contributed by atoms with E-state index in [0.29, 0.717) is 15.9 Å². The summed E-state index contributed by atoms with van der Waals surface area (Å²) in [5, 5.41) is 14.3. The van der Waals surface area contributed by atoms with Gasteiger partial charge in [-0.1, -0.05) is 48.2 Å². The average molecular weight is 518 g/mol. The number of aryl methyl sites for hydroxylation is 2. The Labute approximate surface area is 218 Å². The number of hydrogen-bond donors (Lipinski definition) is 1. The minimum atomic E-state index is -0.145. The number of carbonyl (C=O) groups excluding carboxylic acids is 2. The SMILES string of the molecule is Cc1cccc(-n2c(CNC(=O)c3cccs3)nnc2SCC(=O)N2CCCc3ccccc32)c1C. The van der Waals surface area contributed by atoms with Crippen LogP contribution in [0.5, 0.6) is 0 Å². The third-order valence-corrected chi connectivity index (χ3v) is 8.19. The second kappa shape index (κ2) is 10.7. The summed E-state index contributed by atoms with van der Waals surface area (Å²) >= 11 is 2.77. The molecule has 9 heteroatoms. The van der Waals surface area contributed by atoms with Gasteiger partial charge in [0.05, 0.1) is 22.9 Å². The fraction of sp³-hybridized carbons (Fsp3) is 0.259. The molecule has 0 unspecified atom stereocenters. The molecule has 3 heterocycles. The lowest BCUT2D eigenvalue weighted by molar-refractivity contribution is -0.116. The molecular weight excluding hydrogens is 490 g/mol. The highest BCUT2D eigenvalue weighted by molar-refractivity contribution is 7.99. The lowest BCUT2D eigenvalue weighted by Crippen LogP contribution is -2.36. The number of nitrogens with zero attached hydrogens (tertiary/aromatic N) is 4. The zero-order chi connectivity index (χ0) is 25.1. The van der Waals surface area contributed by atoms with Crippen molar-refractivity contribution >= 4 is 40.6 Å². The van der Waals surface area contributed by atoms with E-state index in [-0.39, 0.29) is 24.1 Å². The van der Waals surface area contributed by atoms with E-state index in [2.05, 4.69) is 41.5 Å². The van der Waals surface area contributed by atoms with Gasteiger partial charge in [-0.05, 0) is 67.0 Å². The summed E-state index contributed by atoms with van der Waals surface area (Å²) in [5.41, 5.74) is 5.40. The number of carbonyl (C=O) groups is 2. The molecule has 1 aliphatic rings. The van der Waals surface area contributed by atoms with Crippen LogP contribution < -0.4 is 10.2 Å². The van der Waals surface area contributed by atoms with E-state index in [1.165, 1.54) is 28.7 Å². The molecule has 0 fully saturated rings. The molecule has 0 spiro atoms. The molecular formula is C27H27N5O2S2. The predicted octanol–water partition coefficient (Wildman–Crippen LogP) is 4.95. The van der Waals surface area contributed by atoms with Gasteiger partial charge in [0.15, 0.2) is 11.0 Å². The first-order chi connectivity index (χ1) is 17.5. The Kier molecular flexibility index (Phi) is 7.20. The highest BCUT2D eigenvalue weighted by Crippen LogP contribution is 2.30. The van der Waals surface area contributed by atoms with Crippen molar-refractivity contribution in [3.63, 3.8) is 0 Å². The summed E-state index contributed by atoms with van der Waals surface area (Å²) in [6, 6.07) is 17.8. The van der Waals surface area contributed by atoms with Gasteiger partial charge in [-0.3, -0.25) is 14.2 Å². The van der Waals surface area contributed by atoms with Crippen LogP contribution in [0.4, 0.5) is 5.69 Å². The smallest absolute Gasteiger partial charge is 0.261 e. The van der Waals surface area contributed by atoms with Crippen LogP contribution in [0.2, 0.25) is 0 Å². The van der Waals surface area contributed by atoms with E-state index in [4.69, 9.17) is 0 Å². The van der Waals surface area contributed by atoms with Crippen LogP contribution in [0.1, 0.15) is 38.6 Å². The van der Waals surface area contributed by atoms with Gasteiger partial charge in [-0.2, -0.15) is 0 Å². The summed E-state index contributed by atoms with van der Waals surface area (Å²) in [4.78, 5) is 28.3. The Morgan fingerprint density at radius 1 is 1.03 bits per heavy atom. The van der Waals surface area contributed by atoms with Crippen molar-refractivity contribution < 1.29 is 9.59 Å². The number of amides is 2. The molecule has 0 saturated heterocycles. The Morgan fingerprint density at radius 3 is 2.69 bits per heavy atom. The molecule has 36 heavy (non-hydrogen) atoms. The van der Waals surface area contributed by atoms with Crippen molar-refractivity contribution in [1.82, 2.24) is 20.1 Å². The van der Waals surface area contributed by atoms with E-state index in [0.717, 1.165) is 41.9 Å². The summed E-state index contributed by atoms with van der Waals surface area (Å²) < 4.78 is 1.96. The number of para-hydroxylation sites is 1. The lowest BCUT2D eigenvalue weighted by Gasteiger charge is -2.29. The predicted molar refractivity (Wildman–Crippen MR) is 144 cm³/mol. The van der Waals surface area contributed by atoms with Crippen LogP contribution >= 0.6 is 23.1 Å². The third kappa shape index (κ3) is 4.94. The summed E-state index contributed by atoms with van der Waals surface area (Å²) in [7, 11) is 0. The maximum Gasteiger partial charge on any atom is 0.261 e. The van der Waals surface area contributed by atoms with E-state index < -0.39 is 0 Å². The number of aromatic nitrogens is 3. The number of hydrogen-bond acceptors (Lipinski definition) is 6. The number of nitrogens with one attached hydrogen (secondary N) is 1. The quantitative estimate of drug-likeness (QED) is 0.351. The molecule has 0 radical (unpaired) electrons. The third-order valence-electron chi connectivity index (χ3n) is 6.41. The number of thiophene rings is 1. The molecule has 0 aliphatic carbocycles. The van der Waals surface area contributed by atoms with Gasteiger partial charge in [0, 0.05) is 12.2 Å². The highest BCUT2D eigenvalue weighted by atomic mass is 32.2. The Morgan fingerprint density at radius 2 is 1.86 bits per heavy atom. The van der Waals surface area contributed by atoms with Crippen molar-refractivity contribution in [1.29, 1.82) is 0 Å². The van der Waals surface area contributed by atoms with Crippen molar-refractivity contribution in [3.8, 4) is 5.69 Å². The fourth-order valence-corrected chi connectivity index (χ4v) is 5.86. The Balaban J connectivity index is 1.39. The molecule has 184 valence electrons. The first-order valence-electron chi connectivity index (χ1n) is 11.9. The average Bonchev–Trinajstić information content (AvgIpc) is 3.58. The zero-order valence-corrected chi connectivity index (χ0v) is 21.9. The summed E-state index contributed by atoms with van der Waals surface area (Å²) in [6.07, 6.45) is 1.95. The molecule has 0 saturated carbocycles. The Hall–Kier alpha value is -3.43. The molecule has 1 aliphatic heterocycles. The molecule has 2 aromatic carbocycles. The number of anilines is 1. The zero-order valence-electron chi connectivity index (χ0n) is 20.2. The van der Waals surface area contributed by atoms with E-state index in [9.17, 15) is 9.59 Å². The molecule has 7 nitrogen and oxygen atoms in total. The van der Waals surface area contributed by atoms with Gasteiger partial charge in [0.2, 0.25) is 5.91 Å². The number of fused-ring (bicyclic) bond motifs is 1. The molecule has 1 N–H and O–H groups in total. The molecule has 0 atom stereocenters. The number of rotatable bonds is 7. The molecule has 4 aromatic rings. The van der Waals surface area contributed by atoms with Crippen LogP contribution in [0, 0.1) is 13.8 Å². The normalized spacial score (nSPS) is 12.9. The van der Waals surface area contributed by atoms with Crippen LogP contribution in [-0.4, -0.2) is 38.9 Å². The van der Waals surface area contributed by atoms with Crippen molar-refractivity contribution in [2.24, 2.45) is 0 Å². The maximum atomic E-state index is 13.2. The standard InChI is InChI=1S/C27H27N5O2S2/c1-18-8-5-12-21(19(18)2)32-24(16-28-26(34)23-13-7-15-35-23)29-30-27(32)36-17-25(33)31-14-6-10-20-9-3-4-11-22(20)31/h3-5,7-9,11-13,15H,6,10,14,16-17H2,1-2H3,(H,28,34). The van der Waals surface area contributed by atoms with Crippen molar-refractivity contribution in [2.45, 2.75) is 38.4 Å².